The molecule has 0 spiro atoms. The molecule has 1 aromatic carbocycles. The number of carbonyl (C=O) groups excluding carboxylic acids is 1. The first kappa shape index (κ1) is 17.0. The van der Waals surface area contributed by atoms with Crippen molar-refractivity contribution < 1.29 is 9.90 Å². The van der Waals surface area contributed by atoms with E-state index >= 15 is 0 Å². The van der Waals surface area contributed by atoms with E-state index in [0.29, 0.717) is 19.5 Å². The third-order valence-electron chi connectivity index (χ3n) is 3.68. The van der Waals surface area contributed by atoms with Crippen LogP contribution in [0.3, 0.4) is 0 Å². The van der Waals surface area contributed by atoms with Gasteiger partial charge >= 0.3 is 0 Å². The molecule has 1 saturated heterocycles. The molecule has 1 aromatic rings. The van der Waals surface area contributed by atoms with Crippen LogP contribution < -0.4 is 10.6 Å². The third-order valence-corrected chi connectivity index (χ3v) is 3.68. The Morgan fingerprint density at radius 1 is 1.40 bits per heavy atom. The van der Waals surface area contributed by atoms with Gasteiger partial charge in [0.25, 0.3) is 0 Å². The summed E-state index contributed by atoms with van der Waals surface area (Å²) in [5.41, 5.74) is 1.10. The Hall–Kier alpha value is -1.10. The Labute approximate surface area is 126 Å². The van der Waals surface area contributed by atoms with Crippen LogP contribution in [-0.2, 0) is 10.2 Å². The van der Waals surface area contributed by atoms with Crippen molar-refractivity contribution in [3.05, 3.63) is 35.9 Å². The molecule has 112 valence electrons. The summed E-state index contributed by atoms with van der Waals surface area (Å²) >= 11 is 0. The van der Waals surface area contributed by atoms with E-state index in [0.717, 1.165) is 0 Å². The molecule has 20 heavy (non-hydrogen) atoms. The first-order valence-electron chi connectivity index (χ1n) is 6.74. The Bertz CT molecular complexity index is 437. The number of carbonyl (C=O) groups is 1. The van der Waals surface area contributed by atoms with Gasteiger partial charge in [0.05, 0.1) is 12.1 Å². The quantitative estimate of drug-likeness (QED) is 0.783. The zero-order chi connectivity index (χ0) is 13.9. The van der Waals surface area contributed by atoms with Crippen molar-refractivity contribution in [2.45, 2.75) is 37.8 Å². The molecule has 2 rings (SSSR count). The van der Waals surface area contributed by atoms with Crippen LogP contribution in [0.5, 0.6) is 0 Å². The second-order valence-electron chi connectivity index (χ2n) is 5.82. The average molecular weight is 299 g/mol. The largest absolute Gasteiger partial charge is 0.392 e. The molecule has 4 nitrogen and oxygen atoms in total. The number of nitrogens with one attached hydrogen (secondary N) is 2. The molecule has 2 unspecified atom stereocenters. The third kappa shape index (κ3) is 4.20. The molecule has 0 radical (unpaired) electrons. The van der Waals surface area contributed by atoms with Gasteiger partial charge in [-0.05, 0) is 12.0 Å². The van der Waals surface area contributed by atoms with Crippen LogP contribution in [0.2, 0.25) is 0 Å². The van der Waals surface area contributed by atoms with E-state index in [1.54, 1.807) is 0 Å². The number of benzene rings is 1. The minimum Gasteiger partial charge on any atom is -0.392 e. The Morgan fingerprint density at radius 3 is 2.60 bits per heavy atom. The fourth-order valence-electron chi connectivity index (χ4n) is 2.34. The van der Waals surface area contributed by atoms with E-state index in [4.69, 9.17) is 0 Å². The lowest BCUT2D eigenvalue weighted by atomic mass is 9.84. The lowest BCUT2D eigenvalue weighted by Gasteiger charge is -2.26. The molecule has 1 fully saturated rings. The highest BCUT2D eigenvalue weighted by Gasteiger charge is 2.29. The van der Waals surface area contributed by atoms with Crippen molar-refractivity contribution in [3.63, 3.8) is 0 Å². The van der Waals surface area contributed by atoms with Crippen LogP contribution in [0.15, 0.2) is 30.3 Å². The molecule has 0 bridgehead atoms. The van der Waals surface area contributed by atoms with E-state index in [-0.39, 0.29) is 29.8 Å². The average Bonchev–Trinajstić information content (AvgIpc) is 2.84. The molecule has 0 aromatic heterocycles. The highest BCUT2D eigenvalue weighted by atomic mass is 35.5. The van der Waals surface area contributed by atoms with Gasteiger partial charge in [0.15, 0.2) is 0 Å². The maximum atomic E-state index is 12.0. The number of rotatable bonds is 4. The van der Waals surface area contributed by atoms with Crippen molar-refractivity contribution in [1.29, 1.82) is 0 Å². The van der Waals surface area contributed by atoms with Crippen LogP contribution in [0, 0.1) is 0 Å². The van der Waals surface area contributed by atoms with Crippen LogP contribution >= 0.6 is 12.4 Å². The van der Waals surface area contributed by atoms with Crippen molar-refractivity contribution in [2.75, 3.05) is 13.1 Å². The van der Waals surface area contributed by atoms with Crippen LogP contribution in [0.4, 0.5) is 0 Å². The summed E-state index contributed by atoms with van der Waals surface area (Å²) in [6.45, 7) is 5.31. The van der Waals surface area contributed by atoms with Crippen LogP contribution in [0.25, 0.3) is 0 Å². The van der Waals surface area contributed by atoms with E-state index in [1.165, 1.54) is 5.56 Å². The SMILES string of the molecule is CC(C)(CNC(=O)C1CC(O)CN1)c1ccccc1.Cl. The summed E-state index contributed by atoms with van der Waals surface area (Å²) in [4.78, 5) is 12.0. The zero-order valence-corrected chi connectivity index (χ0v) is 12.7. The first-order chi connectivity index (χ1) is 8.99. The molecule has 1 aliphatic rings. The maximum Gasteiger partial charge on any atom is 0.237 e. The van der Waals surface area contributed by atoms with Crippen molar-refractivity contribution in [1.82, 2.24) is 10.6 Å². The molecule has 2 atom stereocenters. The topological polar surface area (TPSA) is 61.4 Å². The van der Waals surface area contributed by atoms with Gasteiger partial charge in [0.1, 0.15) is 0 Å². The molecule has 0 saturated carbocycles. The van der Waals surface area contributed by atoms with Crippen molar-refractivity contribution in [3.8, 4) is 0 Å². The zero-order valence-electron chi connectivity index (χ0n) is 11.9. The highest BCUT2D eigenvalue weighted by Crippen LogP contribution is 2.21. The lowest BCUT2D eigenvalue weighted by Crippen LogP contribution is -2.45. The number of aliphatic hydroxyl groups is 1. The van der Waals surface area contributed by atoms with Gasteiger partial charge < -0.3 is 15.7 Å². The van der Waals surface area contributed by atoms with Gasteiger partial charge in [-0.25, -0.2) is 0 Å². The summed E-state index contributed by atoms with van der Waals surface area (Å²) in [6.07, 6.45) is 0.0929. The van der Waals surface area contributed by atoms with Crippen LogP contribution in [0.1, 0.15) is 25.8 Å². The Kier molecular flexibility index (Phi) is 5.99. The number of hydrogen-bond acceptors (Lipinski definition) is 3. The van der Waals surface area contributed by atoms with Crippen molar-refractivity contribution >= 4 is 18.3 Å². The number of hydrogen-bond donors (Lipinski definition) is 3. The molecule has 5 heteroatoms. The predicted octanol–water partition coefficient (Wildman–Crippen LogP) is 1.22. The number of β-amino-alcohol motifs (C(OH)–C–C–N with tert-alkyl or cyclic N) is 1. The normalized spacial score (nSPS) is 22.1. The summed E-state index contributed by atoms with van der Waals surface area (Å²) in [5.74, 6) is -0.0273. The monoisotopic (exact) mass is 298 g/mol. The summed E-state index contributed by atoms with van der Waals surface area (Å²) in [5, 5.41) is 15.4. The second-order valence-corrected chi connectivity index (χ2v) is 5.82. The maximum absolute atomic E-state index is 12.0. The minimum absolute atomic E-state index is 0. The summed E-state index contributed by atoms with van der Waals surface area (Å²) in [7, 11) is 0. The fraction of sp³-hybridized carbons (Fsp3) is 0.533. The molecular weight excluding hydrogens is 276 g/mol. The van der Waals surface area contributed by atoms with E-state index in [2.05, 4.69) is 36.6 Å². The van der Waals surface area contributed by atoms with Crippen molar-refractivity contribution in [2.24, 2.45) is 0 Å². The van der Waals surface area contributed by atoms with Gasteiger partial charge in [-0.2, -0.15) is 0 Å². The summed E-state index contributed by atoms with van der Waals surface area (Å²) in [6, 6.07) is 9.89. The molecular formula is C15H23ClN2O2. The highest BCUT2D eigenvalue weighted by molar-refractivity contribution is 5.85. The molecule has 3 N–H and O–H groups in total. The van der Waals surface area contributed by atoms with E-state index in [9.17, 15) is 9.90 Å². The van der Waals surface area contributed by atoms with Gasteiger partial charge in [-0.15, -0.1) is 12.4 Å². The molecule has 1 heterocycles. The Balaban J connectivity index is 0.00000200. The molecule has 1 aliphatic heterocycles. The van der Waals surface area contributed by atoms with E-state index in [1.807, 2.05) is 18.2 Å². The smallest absolute Gasteiger partial charge is 0.237 e. The van der Waals surface area contributed by atoms with Gasteiger partial charge in [0.2, 0.25) is 5.91 Å². The van der Waals surface area contributed by atoms with E-state index < -0.39 is 6.10 Å². The predicted molar refractivity (Wildman–Crippen MR) is 82.1 cm³/mol. The van der Waals surface area contributed by atoms with Gasteiger partial charge in [-0.1, -0.05) is 44.2 Å². The fourth-order valence-corrected chi connectivity index (χ4v) is 2.34. The Morgan fingerprint density at radius 2 is 2.05 bits per heavy atom. The van der Waals surface area contributed by atoms with Crippen LogP contribution in [-0.4, -0.2) is 36.2 Å². The number of aliphatic hydroxyl groups excluding tert-OH is 1. The minimum atomic E-state index is -0.405. The number of amides is 1. The van der Waals surface area contributed by atoms with Gasteiger partial charge in [-0.3, -0.25) is 4.79 Å². The molecule has 1 amide bonds. The first-order valence-corrected chi connectivity index (χ1v) is 6.74. The molecule has 0 aliphatic carbocycles. The number of halogens is 1. The second kappa shape index (κ2) is 7.07. The lowest BCUT2D eigenvalue weighted by molar-refractivity contribution is -0.123. The standard InChI is InChI=1S/C15H22N2O2.ClH/c1-15(2,11-6-4-3-5-7-11)10-17-14(19)13-8-12(18)9-16-13;/h3-7,12-13,16,18H,8-10H2,1-2H3,(H,17,19);1H. The summed E-state index contributed by atoms with van der Waals surface area (Å²) < 4.78 is 0. The van der Waals surface area contributed by atoms with Gasteiger partial charge in [0, 0.05) is 18.5 Å².